The van der Waals surface area contributed by atoms with Crippen LogP contribution in [-0.2, 0) is 21.7 Å². The molecule has 1 heterocycles. The van der Waals surface area contributed by atoms with Crippen molar-refractivity contribution in [2.24, 2.45) is 0 Å². The van der Waals surface area contributed by atoms with E-state index in [0.29, 0.717) is 27.1 Å². The van der Waals surface area contributed by atoms with Crippen molar-refractivity contribution in [1.29, 1.82) is 0 Å². The van der Waals surface area contributed by atoms with E-state index in [1.807, 2.05) is 0 Å². The van der Waals surface area contributed by atoms with Gasteiger partial charge in [-0.1, -0.05) is 23.2 Å². The van der Waals surface area contributed by atoms with E-state index in [1.54, 1.807) is 38.1 Å². The summed E-state index contributed by atoms with van der Waals surface area (Å²) in [6, 6.07) is 9.73. The molecule has 0 saturated carbocycles. The summed E-state index contributed by atoms with van der Waals surface area (Å²) in [5, 5.41) is 14.0. The van der Waals surface area contributed by atoms with E-state index in [2.05, 4.69) is 5.32 Å². The Hall–Kier alpha value is -2.54. The number of nitrogens with one attached hydrogen (secondary N) is 1. The second kappa shape index (κ2) is 8.68. The maximum Gasteiger partial charge on any atom is 0.340 e. The van der Waals surface area contributed by atoms with Gasteiger partial charge < -0.3 is 19.6 Å². The lowest BCUT2D eigenvalue weighted by molar-refractivity contribution is -0.170. The number of rotatable bonds is 7. The topological polar surface area (TPSA) is 88.8 Å². The first kappa shape index (κ1) is 22.2. The molecule has 0 aliphatic rings. The average Bonchev–Trinajstić information content (AvgIpc) is 3.13. The highest BCUT2D eigenvalue weighted by Crippen LogP contribution is 2.33. The Morgan fingerprint density at radius 2 is 1.93 bits per heavy atom. The molecule has 6 nitrogen and oxygen atoms in total. The third-order valence-corrected chi connectivity index (χ3v) is 5.22. The molecule has 0 radical (unpaired) electrons. The Labute approximate surface area is 183 Å². The summed E-state index contributed by atoms with van der Waals surface area (Å²) in [5.41, 5.74) is 0.347. The number of carbonyl (C=O) groups is 2. The number of carboxylic acids is 1. The van der Waals surface area contributed by atoms with Crippen molar-refractivity contribution < 1.29 is 23.8 Å². The molecule has 2 aromatic carbocycles. The minimum absolute atomic E-state index is 0.104. The van der Waals surface area contributed by atoms with Gasteiger partial charge in [-0.05, 0) is 62.7 Å². The van der Waals surface area contributed by atoms with Crippen LogP contribution in [0.25, 0.3) is 11.0 Å². The second-order valence-electron chi connectivity index (χ2n) is 7.29. The molecule has 0 saturated heterocycles. The predicted octanol–water partition coefficient (Wildman–Crippen LogP) is 5.39. The molecular formula is C22H21Cl2NO5. The zero-order chi connectivity index (χ0) is 22.1. The second-order valence-corrected chi connectivity index (χ2v) is 8.13. The van der Waals surface area contributed by atoms with Gasteiger partial charge in [-0.25, -0.2) is 4.79 Å². The first-order chi connectivity index (χ1) is 14.1. The minimum Gasteiger partial charge on any atom is -0.479 e. The van der Waals surface area contributed by atoms with Crippen molar-refractivity contribution in [2.75, 3.05) is 0 Å². The van der Waals surface area contributed by atoms with E-state index in [0.717, 1.165) is 0 Å². The SMILES string of the molecule is CC(C)OC(C)(C(=O)O)c1cc(CNC(=O)c2ccc(Cl)cc2Cl)c2occc2c1. The van der Waals surface area contributed by atoms with Crippen LogP contribution in [0.3, 0.4) is 0 Å². The van der Waals surface area contributed by atoms with Gasteiger partial charge in [0.1, 0.15) is 5.58 Å². The molecule has 2 N–H and O–H groups in total. The Bertz CT molecular complexity index is 1110. The fourth-order valence-corrected chi connectivity index (χ4v) is 3.72. The lowest BCUT2D eigenvalue weighted by Crippen LogP contribution is -2.38. The summed E-state index contributed by atoms with van der Waals surface area (Å²) in [5.74, 6) is -1.50. The molecule has 1 aromatic heterocycles. The van der Waals surface area contributed by atoms with Gasteiger partial charge >= 0.3 is 5.97 Å². The molecule has 0 fully saturated rings. The van der Waals surface area contributed by atoms with Crippen LogP contribution >= 0.6 is 23.2 Å². The maximum absolute atomic E-state index is 12.6. The Kier molecular flexibility index (Phi) is 6.41. The predicted molar refractivity (Wildman–Crippen MR) is 115 cm³/mol. The van der Waals surface area contributed by atoms with Crippen LogP contribution in [0.2, 0.25) is 10.0 Å². The summed E-state index contributed by atoms with van der Waals surface area (Å²) >= 11 is 12.0. The van der Waals surface area contributed by atoms with Crippen LogP contribution in [-0.4, -0.2) is 23.1 Å². The summed E-state index contributed by atoms with van der Waals surface area (Å²) in [7, 11) is 0. The Morgan fingerprint density at radius 3 is 2.57 bits per heavy atom. The molecule has 0 spiro atoms. The van der Waals surface area contributed by atoms with Crippen LogP contribution in [0.5, 0.6) is 0 Å². The zero-order valence-electron chi connectivity index (χ0n) is 16.7. The largest absolute Gasteiger partial charge is 0.479 e. The highest BCUT2D eigenvalue weighted by Gasteiger charge is 2.38. The van der Waals surface area contributed by atoms with Crippen molar-refractivity contribution in [3.8, 4) is 0 Å². The van der Waals surface area contributed by atoms with E-state index >= 15 is 0 Å². The minimum atomic E-state index is -1.56. The van der Waals surface area contributed by atoms with Crippen molar-refractivity contribution in [1.82, 2.24) is 5.32 Å². The van der Waals surface area contributed by atoms with Gasteiger partial charge in [0, 0.05) is 22.5 Å². The van der Waals surface area contributed by atoms with Crippen LogP contribution < -0.4 is 5.32 Å². The molecule has 1 amide bonds. The number of ether oxygens (including phenoxy) is 1. The number of carboxylic acid groups (broad SMARTS) is 1. The molecule has 0 aliphatic carbocycles. The number of fused-ring (bicyclic) bond motifs is 1. The molecule has 8 heteroatoms. The maximum atomic E-state index is 12.6. The van der Waals surface area contributed by atoms with Gasteiger partial charge in [-0.3, -0.25) is 4.79 Å². The summed E-state index contributed by atoms with van der Waals surface area (Å²) < 4.78 is 11.3. The number of amides is 1. The number of hydrogen-bond acceptors (Lipinski definition) is 4. The number of aliphatic carboxylic acids is 1. The highest BCUT2D eigenvalue weighted by molar-refractivity contribution is 6.36. The van der Waals surface area contributed by atoms with Gasteiger partial charge in [0.05, 0.1) is 23.0 Å². The molecule has 0 aliphatic heterocycles. The zero-order valence-corrected chi connectivity index (χ0v) is 18.2. The molecule has 158 valence electrons. The number of benzene rings is 2. The van der Waals surface area contributed by atoms with Gasteiger partial charge in [-0.2, -0.15) is 0 Å². The highest BCUT2D eigenvalue weighted by atomic mass is 35.5. The van der Waals surface area contributed by atoms with E-state index < -0.39 is 11.6 Å². The van der Waals surface area contributed by atoms with Crippen molar-refractivity contribution >= 4 is 46.0 Å². The lowest BCUT2D eigenvalue weighted by Gasteiger charge is -2.28. The first-order valence-electron chi connectivity index (χ1n) is 9.27. The van der Waals surface area contributed by atoms with E-state index in [4.69, 9.17) is 32.4 Å². The molecule has 0 bridgehead atoms. The Balaban J connectivity index is 1.95. The van der Waals surface area contributed by atoms with Crippen LogP contribution in [0, 0.1) is 0 Å². The normalized spacial score (nSPS) is 13.4. The number of carbonyl (C=O) groups excluding carboxylic acids is 1. The molecule has 30 heavy (non-hydrogen) atoms. The van der Waals surface area contributed by atoms with Crippen LogP contribution in [0.15, 0.2) is 47.1 Å². The fraction of sp³-hybridized carbons (Fsp3) is 0.273. The van der Waals surface area contributed by atoms with Gasteiger partial charge in [0.25, 0.3) is 5.91 Å². The monoisotopic (exact) mass is 449 g/mol. The quantitative estimate of drug-likeness (QED) is 0.504. The molecule has 3 rings (SSSR count). The molecule has 1 atom stereocenters. The third-order valence-electron chi connectivity index (χ3n) is 4.67. The van der Waals surface area contributed by atoms with Crippen LogP contribution in [0.4, 0.5) is 0 Å². The molecule has 3 aromatic rings. The summed E-state index contributed by atoms with van der Waals surface area (Å²) in [6.07, 6.45) is 1.21. The number of hydrogen-bond donors (Lipinski definition) is 2. The van der Waals surface area contributed by atoms with Gasteiger partial charge in [0.15, 0.2) is 5.60 Å². The summed E-state index contributed by atoms with van der Waals surface area (Å²) in [6.45, 7) is 5.16. The van der Waals surface area contributed by atoms with Gasteiger partial charge in [-0.15, -0.1) is 0 Å². The standard InChI is InChI=1S/C22H21Cl2NO5/c1-12(2)30-22(3,21(27)28)15-8-13-6-7-29-19(13)14(9-15)11-25-20(26)17-5-4-16(23)10-18(17)24/h4-10,12H,11H2,1-3H3,(H,25,26)(H,27,28). The van der Waals surface area contributed by atoms with Crippen molar-refractivity contribution in [3.63, 3.8) is 0 Å². The number of halogens is 2. The van der Waals surface area contributed by atoms with E-state index in [-0.39, 0.29) is 29.1 Å². The lowest BCUT2D eigenvalue weighted by atomic mass is 9.92. The van der Waals surface area contributed by atoms with E-state index in [1.165, 1.54) is 25.3 Å². The Morgan fingerprint density at radius 1 is 1.20 bits per heavy atom. The number of furan rings is 1. The van der Waals surface area contributed by atoms with Gasteiger partial charge in [0.2, 0.25) is 0 Å². The third kappa shape index (κ3) is 4.46. The molecule has 1 unspecified atom stereocenters. The van der Waals surface area contributed by atoms with Crippen molar-refractivity contribution in [2.45, 2.75) is 39.0 Å². The summed E-state index contributed by atoms with van der Waals surface area (Å²) in [4.78, 5) is 24.6. The fourth-order valence-electron chi connectivity index (χ4n) is 3.22. The molecular weight excluding hydrogens is 429 g/mol. The van der Waals surface area contributed by atoms with Crippen molar-refractivity contribution in [3.05, 3.63) is 69.4 Å². The average molecular weight is 450 g/mol. The first-order valence-corrected chi connectivity index (χ1v) is 10.0. The van der Waals surface area contributed by atoms with Crippen LogP contribution in [0.1, 0.15) is 42.3 Å². The smallest absolute Gasteiger partial charge is 0.340 e. The van der Waals surface area contributed by atoms with E-state index in [9.17, 15) is 14.7 Å².